The van der Waals surface area contributed by atoms with E-state index in [1.54, 1.807) is 49.4 Å². The molecule has 0 unspecified atom stereocenters. The molecule has 0 spiro atoms. The summed E-state index contributed by atoms with van der Waals surface area (Å²) in [6.45, 7) is 11.1. The molecule has 3 rings (SSSR count). The fraction of sp³-hybridized carbons (Fsp3) is 0.375. The largest absolute Gasteiger partial charge is 0.352 e. The van der Waals surface area contributed by atoms with Crippen molar-refractivity contribution >= 4 is 39.1 Å². The second kappa shape index (κ2) is 14.0. The number of hydrogen-bond donors (Lipinski definition) is 1. The van der Waals surface area contributed by atoms with Crippen LogP contribution < -0.4 is 9.62 Å². The van der Waals surface area contributed by atoms with Gasteiger partial charge in [-0.2, -0.15) is 0 Å². The van der Waals surface area contributed by atoms with Crippen LogP contribution in [0.5, 0.6) is 0 Å². The van der Waals surface area contributed by atoms with E-state index in [9.17, 15) is 18.0 Å². The summed E-state index contributed by atoms with van der Waals surface area (Å²) >= 11 is 6.21. The second-order valence-electron chi connectivity index (χ2n) is 10.7. The van der Waals surface area contributed by atoms with Gasteiger partial charge in [-0.25, -0.2) is 8.42 Å². The number of hydrogen-bond acceptors (Lipinski definition) is 4. The Kier molecular flexibility index (Phi) is 11.0. The van der Waals surface area contributed by atoms with E-state index in [-0.39, 0.29) is 29.3 Å². The van der Waals surface area contributed by atoms with Gasteiger partial charge in [-0.15, -0.1) is 0 Å². The first-order valence-corrected chi connectivity index (χ1v) is 15.7. The molecule has 2 amide bonds. The quantitative estimate of drug-likeness (QED) is 0.265. The normalized spacial score (nSPS) is 13.0. The fourth-order valence-electron chi connectivity index (χ4n) is 4.27. The minimum Gasteiger partial charge on any atom is -0.352 e. The molecule has 0 saturated carbocycles. The third-order valence-electron chi connectivity index (χ3n) is 7.15. The van der Waals surface area contributed by atoms with Crippen molar-refractivity contribution in [2.45, 2.75) is 77.4 Å². The maximum Gasteiger partial charge on any atom is 0.264 e. The molecule has 0 aliphatic heterocycles. The first-order chi connectivity index (χ1) is 19.3. The highest BCUT2D eigenvalue weighted by Gasteiger charge is 2.32. The molecule has 7 nitrogen and oxygen atoms in total. The van der Waals surface area contributed by atoms with Gasteiger partial charge in [-0.05, 0) is 80.6 Å². The number of amides is 2. The Morgan fingerprint density at radius 1 is 0.927 bits per heavy atom. The first kappa shape index (κ1) is 32.2. The predicted octanol–water partition coefficient (Wildman–Crippen LogP) is 6.30. The molecule has 0 radical (unpaired) electrons. The van der Waals surface area contributed by atoms with Crippen LogP contribution in [0.1, 0.15) is 63.6 Å². The lowest BCUT2D eigenvalue weighted by Gasteiger charge is -2.32. The summed E-state index contributed by atoms with van der Waals surface area (Å²) in [5.74, 6) is -0.574. The van der Waals surface area contributed by atoms with E-state index in [0.29, 0.717) is 10.7 Å². The van der Waals surface area contributed by atoms with Crippen LogP contribution in [0.2, 0.25) is 5.02 Å². The SMILES string of the molecule is CC[C@@H](C)NC(=O)[C@H](C)N(Cc1cccc(Cl)c1)C(=O)CN(c1ccc(C(C)C)cc1)S(=O)(=O)c1ccc(C)cc1. The Hall–Kier alpha value is -3.36. The number of nitrogens with one attached hydrogen (secondary N) is 1. The molecule has 2 atom stereocenters. The van der Waals surface area contributed by atoms with Crippen molar-refractivity contribution in [2.75, 3.05) is 10.8 Å². The van der Waals surface area contributed by atoms with Gasteiger partial charge in [0.2, 0.25) is 11.8 Å². The Morgan fingerprint density at radius 3 is 2.12 bits per heavy atom. The molecule has 0 bridgehead atoms. The molecule has 9 heteroatoms. The molecule has 0 heterocycles. The predicted molar refractivity (Wildman–Crippen MR) is 166 cm³/mol. The number of nitrogens with zero attached hydrogens (tertiary/aromatic N) is 2. The van der Waals surface area contributed by atoms with Crippen molar-refractivity contribution in [3.8, 4) is 0 Å². The van der Waals surface area contributed by atoms with Crippen LogP contribution in [0.15, 0.2) is 77.7 Å². The van der Waals surface area contributed by atoms with Crippen molar-refractivity contribution in [1.82, 2.24) is 10.2 Å². The van der Waals surface area contributed by atoms with Crippen molar-refractivity contribution < 1.29 is 18.0 Å². The van der Waals surface area contributed by atoms with Crippen LogP contribution in [0.4, 0.5) is 5.69 Å². The van der Waals surface area contributed by atoms with Gasteiger partial charge in [0.1, 0.15) is 12.6 Å². The van der Waals surface area contributed by atoms with Crippen molar-refractivity contribution in [1.29, 1.82) is 0 Å². The van der Waals surface area contributed by atoms with E-state index in [1.807, 2.05) is 39.0 Å². The third kappa shape index (κ3) is 8.33. The monoisotopic (exact) mass is 597 g/mol. The molecule has 0 fully saturated rings. The van der Waals surface area contributed by atoms with Crippen LogP contribution in [0.3, 0.4) is 0 Å². The van der Waals surface area contributed by atoms with Gasteiger partial charge < -0.3 is 10.2 Å². The molecular weight excluding hydrogens is 558 g/mol. The molecule has 3 aromatic carbocycles. The van der Waals surface area contributed by atoms with Gasteiger partial charge in [0.25, 0.3) is 10.0 Å². The van der Waals surface area contributed by atoms with Gasteiger partial charge in [0.15, 0.2) is 0 Å². The lowest BCUT2D eigenvalue weighted by Crippen LogP contribution is -2.52. The lowest BCUT2D eigenvalue weighted by atomic mass is 10.0. The Morgan fingerprint density at radius 2 is 1.56 bits per heavy atom. The number of halogens is 1. The van der Waals surface area contributed by atoms with E-state index >= 15 is 0 Å². The van der Waals surface area contributed by atoms with Gasteiger partial charge in [-0.1, -0.05) is 74.3 Å². The average molecular weight is 598 g/mol. The smallest absolute Gasteiger partial charge is 0.264 e. The topological polar surface area (TPSA) is 86.8 Å². The van der Waals surface area contributed by atoms with Gasteiger partial charge in [-0.3, -0.25) is 13.9 Å². The molecular formula is C32H40ClN3O4S. The summed E-state index contributed by atoms with van der Waals surface area (Å²) in [7, 11) is -4.12. The van der Waals surface area contributed by atoms with E-state index in [0.717, 1.165) is 27.4 Å². The Bertz CT molecular complexity index is 1440. The zero-order valence-corrected chi connectivity index (χ0v) is 26.2. The van der Waals surface area contributed by atoms with E-state index in [2.05, 4.69) is 19.2 Å². The van der Waals surface area contributed by atoms with Crippen molar-refractivity contribution in [2.24, 2.45) is 0 Å². The summed E-state index contributed by atoms with van der Waals surface area (Å²) in [6.07, 6.45) is 0.732. The Labute approximate surface area is 249 Å². The van der Waals surface area contributed by atoms with Crippen LogP contribution in [-0.4, -0.2) is 43.8 Å². The van der Waals surface area contributed by atoms with Gasteiger partial charge >= 0.3 is 0 Å². The lowest BCUT2D eigenvalue weighted by molar-refractivity contribution is -0.139. The van der Waals surface area contributed by atoms with Crippen molar-refractivity contribution in [3.63, 3.8) is 0 Å². The molecule has 41 heavy (non-hydrogen) atoms. The first-order valence-electron chi connectivity index (χ1n) is 13.9. The van der Waals surface area contributed by atoms with Crippen LogP contribution in [-0.2, 0) is 26.2 Å². The molecule has 3 aromatic rings. The Balaban J connectivity index is 2.04. The highest BCUT2D eigenvalue weighted by atomic mass is 35.5. The molecule has 0 aromatic heterocycles. The van der Waals surface area contributed by atoms with Crippen LogP contribution in [0, 0.1) is 6.92 Å². The summed E-state index contributed by atoms with van der Waals surface area (Å²) < 4.78 is 29.1. The fourth-order valence-corrected chi connectivity index (χ4v) is 5.90. The number of anilines is 1. The van der Waals surface area contributed by atoms with Crippen LogP contribution >= 0.6 is 11.6 Å². The summed E-state index contributed by atoms with van der Waals surface area (Å²) in [5.41, 5.74) is 3.05. The molecule has 220 valence electrons. The molecule has 0 aliphatic rings. The summed E-state index contributed by atoms with van der Waals surface area (Å²) in [4.78, 5) is 28.7. The van der Waals surface area contributed by atoms with E-state index < -0.39 is 28.5 Å². The standard InChI is InChI=1S/C32H40ClN3O4S/c1-7-24(5)34-32(38)25(6)35(20-26-9-8-10-28(33)19-26)31(37)21-36(29-15-13-27(14-16-29)22(2)3)41(39,40)30-17-11-23(4)12-18-30/h8-19,22,24-25H,7,20-21H2,1-6H3,(H,34,38)/t24-,25+/m1/s1. The maximum absolute atomic E-state index is 14.0. The summed E-state index contributed by atoms with van der Waals surface area (Å²) in [6, 6.07) is 19.8. The van der Waals surface area contributed by atoms with E-state index in [4.69, 9.17) is 11.6 Å². The number of rotatable bonds is 12. The zero-order valence-electron chi connectivity index (χ0n) is 24.6. The number of sulfonamides is 1. The highest BCUT2D eigenvalue weighted by molar-refractivity contribution is 7.92. The van der Waals surface area contributed by atoms with Crippen molar-refractivity contribution in [3.05, 3.63) is 94.5 Å². The van der Waals surface area contributed by atoms with E-state index in [1.165, 1.54) is 17.0 Å². The zero-order chi connectivity index (χ0) is 30.3. The van der Waals surface area contributed by atoms with Crippen LogP contribution in [0.25, 0.3) is 0 Å². The highest BCUT2D eigenvalue weighted by Crippen LogP contribution is 2.27. The third-order valence-corrected chi connectivity index (χ3v) is 9.17. The average Bonchev–Trinajstić information content (AvgIpc) is 2.94. The summed E-state index contributed by atoms with van der Waals surface area (Å²) in [5, 5.41) is 3.43. The number of aryl methyl sites for hydroxylation is 1. The second-order valence-corrected chi connectivity index (χ2v) is 13.0. The number of benzene rings is 3. The molecule has 0 aliphatic carbocycles. The van der Waals surface area contributed by atoms with Gasteiger partial charge in [0, 0.05) is 17.6 Å². The number of carbonyl (C=O) groups excluding carboxylic acids is 2. The minimum absolute atomic E-state index is 0.0767. The number of carbonyl (C=O) groups is 2. The molecule has 1 N–H and O–H groups in total. The maximum atomic E-state index is 14.0. The van der Waals surface area contributed by atoms with Gasteiger partial charge in [0.05, 0.1) is 10.6 Å². The minimum atomic E-state index is -4.12. The molecule has 0 saturated heterocycles.